The summed E-state index contributed by atoms with van der Waals surface area (Å²) in [6, 6.07) is 12.1. The van der Waals surface area contributed by atoms with Gasteiger partial charge in [0.25, 0.3) is 0 Å². The van der Waals surface area contributed by atoms with Gasteiger partial charge in [0.05, 0.1) is 11.7 Å². The number of benzene rings is 2. The van der Waals surface area contributed by atoms with Gasteiger partial charge in [-0.25, -0.2) is 8.78 Å². The standard InChI is InChI=1S/C18H19F2NO/c19-15-6-3-7-16(20)18(15)17(22)11-21-14-9-8-12-4-1-2-5-13(12)10-14/h1-7,14,17,21-22H,8-11H2. The van der Waals surface area contributed by atoms with E-state index in [4.69, 9.17) is 0 Å². The van der Waals surface area contributed by atoms with Crippen LogP contribution in [0.15, 0.2) is 42.5 Å². The molecule has 0 saturated carbocycles. The molecule has 0 aromatic heterocycles. The van der Waals surface area contributed by atoms with Gasteiger partial charge in [-0.1, -0.05) is 30.3 Å². The number of nitrogens with one attached hydrogen (secondary N) is 1. The fraction of sp³-hybridized carbons (Fsp3) is 0.333. The van der Waals surface area contributed by atoms with E-state index in [0.29, 0.717) is 0 Å². The fourth-order valence-corrected chi connectivity index (χ4v) is 3.08. The van der Waals surface area contributed by atoms with Crippen molar-refractivity contribution in [2.24, 2.45) is 0 Å². The van der Waals surface area contributed by atoms with Gasteiger partial charge in [0.1, 0.15) is 11.6 Å². The Kier molecular flexibility index (Phi) is 4.50. The lowest BCUT2D eigenvalue weighted by atomic mass is 9.88. The van der Waals surface area contributed by atoms with E-state index in [2.05, 4.69) is 17.4 Å². The first kappa shape index (κ1) is 15.1. The molecular formula is C18H19F2NO. The van der Waals surface area contributed by atoms with Crippen LogP contribution in [0.1, 0.15) is 29.2 Å². The minimum atomic E-state index is -1.18. The number of hydrogen-bond donors (Lipinski definition) is 2. The first-order valence-corrected chi connectivity index (χ1v) is 7.57. The summed E-state index contributed by atoms with van der Waals surface area (Å²) in [5.41, 5.74) is 2.41. The van der Waals surface area contributed by atoms with Crippen LogP contribution in [0.2, 0.25) is 0 Å². The summed E-state index contributed by atoms with van der Waals surface area (Å²) >= 11 is 0. The highest BCUT2D eigenvalue weighted by atomic mass is 19.1. The van der Waals surface area contributed by atoms with E-state index in [1.807, 2.05) is 12.1 Å². The minimum absolute atomic E-state index is 0.144. The SMILES string of the molecule is OC(CNC1CCc2ccccc2C1)c1c(F)cccc1F. The molecule has 4 heteroatoms. The van der Waals surface area contributed by atoms with Crippen LogP contribution in [0.3, 0.4) is 0 Å². The fourth-order valence-electron chi connectivity index (χ4n) is 3.08. The summed E-state index contributed by atoms with van der Waals surface area (Å²) in [7, 11) is 0. The first-order valence-electron chi connectivity index (χ1n) is 7.57. The summed E-state index contributed by atoms with van der Waals surface area (Å²) < 4.78 is 27.3. The van der Waals surface area contributed by atoms with Gasteiger partial charge in [0.2, 0.25) is 0 Å². The average molecular weight is 303 g/mol. The first-order chi connectivity index (χ1) is 10.6. The maximum absolute atomic E-state index is 13.6. The maximum Gasteiger partial charge on any atom is 0.131 e. The van der Waals surface area contributed by atoms with E-state index in [-0.39, 0.29) is 18.2 Å². The van der Waals surface area contributed by atoms with Crippen LogP contribution < -0.4 is 5.32 Å². The molecule has 0 heterocycles. The van der Waals surface area contributed by atoms with Gasteiger partial charge in [0, 0.05) is 12.6 Å². The molecule has 0 aliphatic heterocycles. The molecule has 22 heavy (non-hydrogen) atoms. The highest BCUT2D eigenvalue weighted by Crippen LogP contribution is 2.23. The predicted octanol–water partition coefficient (Wildman–Crippen LogP) is 3.15. The van der Waals surface area contributed by atoms with Gasteiger partial charge in [-0.05, 0) is 42.5 Å². The van der Waals surface area contributed by atoms with E-state index in [1.165, 1.54) is 29.3 Å². The molecule has 2 N–H and O–H groups in total. The Morgan fingerprint density at radius 3 is 2.45 bits per heavy atom. The molecule has 2 unspecified atom stereocenters. The number of aliphatic hydroxyl groups is 1. The number of rotatable bonds is 4. The predicted molar refractivity (Wildman–Crippen MR) is 81.6 cm³/mol. The van der Waals surface area contributed by atoms with Crippen LogP contribution in [0.5, 0.6) is 0 Å². The van der Waals surface area contributed by atoms with Crippen molar-refractivity contribution >= 4 is 0 Å². The zero-order chi connectivity index (χ0) is 15.5. The number of fused-ring (bicyclic) bond motifs is 1. The van der Waals surface area contributed by atoms with Crippen molar-refractivity contribution in [2.75, 3.05) is 6.54 Å². The van der Waals surface area contributed by atoms with E-state index < -0.39 is 17.7 Å². The van der Waals surface area contributed by atoms with Crippen molar-refractivity contribution in [3.63, 3.8) is 0 Å². The minimum Gasteiger partial charge on any atom is -0.387 e. The van der Waals surface area contributed by atoms with E-state index in [9.17, 15) is 13.9 Å². The van der Waals surface area contributed by atoms with Crippen LogP contribution in [0.25, 0.3) is 0 Å². The lowest BCUT2D eigenvalue weighted by Crippen LogP contribution is -2.37. The van der Waals surface area contributed by atoms with Crippen LogP contribution in [-0.2, 0) is 12.8 Å². The largest absolute Gasteiger partial charge is 0.387 e. The molecule has 2 nitrogen and oxygen atoms in total. The van der Waals surface area contributed by atoms with Gasteiger partial charge in [-0.15, -0.1) is 0 Å². The van der Waals surface area contributed by atoms with Crippen molar-refractivity contribution in [1.82, 2.24) is 5.32 Å². The lowest BCUT2D eigenvalue weighted by molar-refractivity contribution is 0.159. The second kappa shape index (κ2) is 6.55. The summed E-state index contributed by atoms with van der Waals surface area (Å²) in [5.74, 6) is -1.41. The molecule has 2 aromatic rings. The molecule has 116 valence electrons. The number of aliphatic hydroxyl groups excluding tert-OH is 1. The van der Waals surface area contributed by atoms with E-state index >= 15 is 0 Å². The van der Waals surface area contributed by atoms with Crippen LogP contribution in [0, 0.1) is 11.6 Å². The van der Waals surface area contributed by atoms with Crippen molar-refractivity contribution in [3.8, 4) is 0 Å². The normalized spacial score (nSPS) is 18.8. The van der Waals surface area contributed by atoms with Gasteiger partial charge >= 0.3 is 0 Å². The molecule has 0 saturated heterocycles. The molecule has 0 fully saturated rings. The molecule has 1 aliphatic rings. The van der Waals surface area contributed by atoms with Gasteiger partial charge < -0.3 is 10.4 Å². The monoisotopic (exact) mass is 303 g/mol. The third-order valence-electron chi connectivity index (χ3n) is 4.28. The van der Waals surface area contributed by atoms with Gasteiger partial charge in [-0.2, -0.15) is 0 Å². The van der Waals surface area contributed by atoms with Crippen molar-refractivity contribution in [2.45, 2.75) is 31.4 Å². The Morgan fingerprint density at radius 2 is 1.73 bits per heavy atom. The molecule has 0 amide bonds. The van der Waals surface area contributed by atoms with Crippen molar-refractivity contribution in [1.29, 1.82) is 0 Å². The van der Waals surface area contributed by atoms with Crippen LogP contribution in [0.4, 0.5) is 8.78 Å². The van der Waals surface area contributed by atoms with Crippen molar-refractivity contribution in [3.05, 3.63) is 70.8 Å². The summed E-state index contributed by atoms with van der Waals surface area (Å²) in [4.78, 5) is 0. The molecule has 1 aliphatic carbocycles. The highest BCUT2D eigenvalue weighted by molar-refractivity contribution is 5.30. The van der Waals surface area contributed by atoms with E-state index in [1.54, 1.807) is 0 Å². The van der Waals surface area contributed by atoms with Crippen LogP contribution >= 0.6 is 0 Å². The molecule has 0 radical (unpaired) electrons. The Balaban J connectivity index is 1.62. The van der Waals surface area contributed by atoms with Gasteiger partial charge in [-0.3, -0.25) is 0 Å². The molecule has 0 bridgehead atoms. The average Bonchev–Trinajstić information content (AvgIpc) is 2.52. The van der Waals surface area contributed by atoms with Crippen molar-refractivity contribution < 1.29 is 13.9 Å². The lowest BCUT2D eigenvalue weighted by Gasteiger charge is -2.26. The maximum atomic E-state index is 13.6. The molecular weight excluding hydrogens is 284 g/mol. The topological polar surface area (TPSA) is 32.3 Å². The Labute approximate surface area is 128 Å². The Bertz CT molecular complexity index is 639. The zero-order valence-electron chi connectivity index (χ0n) is 12.2. The number of halogens is 2. The smallest absolute Gasteiger partial charge is 0.131 e. The summed E-state index contributed by atoms with van der Waals surface area (Å²) in [5, 5.41) is 13.3. The van der Waals surface area contributed by atoms with Crippen LogP contribution in [-0.4, -0.2) is 17.7 Å². The number of aryl methyl sites for hydroxylation is 1. The third kappa shape index (κ3) is 3.18. The second-order valence-corrected chi connectivity index (χ2v) is 5.77. The summed E-state index contributed by atoms with van der Waals surface area (Å²) in [6.45, 7) is 0.144. The van der Waals surface area contributed by atoms with Gasteiger partial charge in [0.15, 0.2) is 0 Å². The summed E-state index contributed by atoms with van der Waals surface area (Å²) in [6.07, 6.45) is 1.64. The quantitative estimate of drug-likeness (QED) is 0.909. The number of hydrogen-bond acceptors (Lipinski definition) is 2. The van der Waals surface area contributed by atoms with E-state index in [0.717, 1.165) is 19.3 Å². The molecule has 0 spiro atoms. The molecule has 3 rings (SSSR count). The third-order valence-corrected chi connectivity index (χ3v) is 4.28. The highest BCUT2D eigenvalue weighted by Gasteiger charge is 2.21. The molecule has 2 atom stereocenters. The Morgan fingerprint density at radius 1 is 1.05 bits per heavy atom. The second-order valence-electron chi connectivity index (χ2n) is 5.77. The zero-order valence-corrected chi connectivity index (χ0v) is 12.2. The Hall–Kier alpha value is -1.78. The molecule has 2 aromatic carbocycles.